The summed E-state index contributed by atoms with van der Waals surface area (Å²) in [5.41, 5.74) is 0. The van der Waals surface area contributed by atoms with Crippen LogP contribution in [0.3, 0.4) is 0 Å². The summed E-state index contributed by atoms with van der Waals surface area (Å²) in [6, 6.07) is 0. The maximum atomic E-state index is 10.0. The van der Waals surface area contributed by atoms with Gasteiger partial charge >= 0.3 is 0 Å². The third-order valence-corrected chi connectivity index (χ3v) is 4.12. The monoisotopic (exact) mass is 251 g/mol. The number of rotatable bonds is 2. The Balaban J connectivity index is 1.71. The first-order chi connectivity index (χ1) is 8.84. The Morgan fingerprint density at radius 2 is 1.83 bits per heavy atom. The Hall–Kier alpha value is -1.10. The minimum atomic E-state index is -0.312. The molecular weight excluding hydrogens is 230 g/mol. The van der Waals surface area contributed by atoms with Crippen molar-refractivity contribution in [3.8, 4) is 0 Å². The van der Waals surface area contributed by atoms with E-state index in [4.69, 9.17) is 4.52 Å². The molecule has 2 heterocycles. The number of aromatic nitrogens is 2. The van der Waals surface area contributed by atoms with Crippen LogP contribution in [-0.2, 0) is 0 Å². The minimum Gasteiger partial charge on any atom is -0.392 e. The van der Waals surface area contributed by atoms with Crippen molar-refractivity contribution >= 4 is 5.95 Å². The van der Waals surface area contributed by atoms with Crippen LogP contribution < -0.4 is 4.90 Å². The fraction of sp³-hybridized carbons (Fsp3) is 0.846. The third-order valence-electron chi connectivity index (χ3n) is 4.12. The predicted octanol–water partition coefficient (Wildman–Crippen LogP) is 2.08. The first kappa shape index (κ1) is 12.0. The first-order valence-electron chi connectivity index (χ1n) is 7.11. The molecule has 18 heavy (non-hydrogen) atoms. The zero-order chi connectivity index (χ0) is 12.4. The number of nitrogens with zero attached hydrogens (tertiary/aromatic N) is 3. The summed E-state index contributed by atoms with van der Waals surface area (Å²) in [4.78, 5) is 6.68. The van der Waals surface area contributed by atoms with Crippen molar-refractivity contribution in [1.29, 1.82) is 0 Å². The highest BCUT2D eigenvalue weighted by Gasteiger charge is 2.30. The molecular formula is C13H21N3O2. The van der Waals surface area contributed by atoms with Gasteiger partial charge in [-0.3, -0.25) is 0 Å². The zero-order valence-corrected chi connectivity index (χ0v) is 10.7. The second kappa shape index (κ2) is 5.26. The topological polar surface area (TPSA) is 62.4 Å². The summed E-state index contributed by atoms with van der Waals surface area (Å²) in [5.74, 6) is 1.38. The second-order valence-electron chi connectivity index (χ2n) is 5.44. The molecule has 2 unspecified atom stereocenters. The Morgan fingerprint density at radius 1 is 1.06 bits per heavy atom. The molecule has 0 radical (unpaired) electrons. The molecule has 3 rings (SSSR count). The van der Waals surface area contributed by atoms with Gasteiger partial charge in [-0.1, -0.05) is 12.8 Å². The molecule has 1 aromatic heterocycles. The normalized spacial score (nSPS) is 29.5. The van der Waals surface area contributed by atoms with E-state index in [1.165, 1.54) is 19.3 Å². The molecule has 1 saturated heterocycles. The van der Waals surface area contributed by atoms with E-state index in [1.54, 1.807) is 0 Å². The van der Waals surface area contributed by atoms with E-state index in [9.17, 15) is 5.11 Å². The van der Waals surface area contributed by atoms with Crippen LogP contribution in [0.25, 0.3) is 0 Å². The number of piperidine rings is 1. The van der Waals surface area contributed by atoms with Crippen LogP contribution in [0, 0.1) is 0 Å². The fourth-order valence-electron chi connectivity index (χ4n) is 3.00. The zero-order valence-electron chi connectivity index (χ0n) is 10.7. The summed E-state index contributed by atoms with van der Waals surface area (Å²) in [6.07, 6.45) is 7.45. The van der Waals surface area contributed by atoms with Gasteiger partial charge in [-0.25, -0.2) is 0 Å². The van der Waals surface area contributed by atoms with Crippen LogP contribution in [0.5, 0.6) is 0 Å². The van der Waals surface area contributed by atoms with E-state index in [2.05, 4.69) is 15.0 Å². The van der Waals surface area contributed by atoms with Gasteiger partial charge in [0.2, 0.25) is 5.89 Å². The lowest BCUT2D eigenvalue weighted by molar-refractivity contribution is 0.0908. The van der Waals surface area contributed by atoms with Crippen LogP contribution in [-0.4, -0.2) is 34.4 Å². The van der Waals surface area contributed by atoms with Gasteiger partial charge in [0, 0.05) is 13.1 Å². The number of aliphatic hydroxyl groups is 1. The van der Waals surface area contributed by atoms with E-state index in [0.29, 0.717) is 11.8 Å². The van der Waals surface area contributed by atoms with Gasteiger partial charge in [0.05, 0.1) is 12.0 Å². The number of anilines is 1. The van der Waals surface area contributed by atoms with Crippen molar-refractivity contribution in [3.05, 3.63) is 5.89 Å². The molecule has 1 saturated carbocycles. The van der Waals surface area contributed by atoms with Crippen LogP contribution in [0.1, 0.15) is 56.8 Å². The van der Waals surface area contributed by atoms with Gasteiger partial charge in [0.1, 0.15) is 0 Å². The number of aliphatic hydroxyl groups excluding tert-OH is 1. The van der Waals surface area contributed by atoms with Crippen LogP contribution in [0.4, 0.5) is 5.95 Å². The molecule has 0 spiro atoms. The van der Waals surface area contributed by atoms with Gasteiger partial charge in [-0.2, -0.15) is 4.98 Å². The van der Waals surface area contributed by atoms with Crippen LogP contribution >= 0.6 is 0 Å². The Bertz CT molecular complexity index is 387. The molecule has 1 aliphatic heterocycles. The van der Waals surface area contributed by atoms with Crippen molar-refractivity contribution < 1.29 is 9.63 Å². The van der Waals surface area contributed by atoms with Gasteiger partial charge in [-0.05, 0) is 37.3 Å². The van der Waals surface area contributed by atoms with Crippen LogP contribution in [0.2, 0.25) is 0 Å². The van der Waals surface area contributed by atoms with Crippen molar-refractivity contribution in [1.82, 2.24) is 10.1 Å². The van der Waals surface area contributed by atoms with Crippen molar-refractivity contribution in [3.63, 3.8) is 0 Å². The van der Waals surface area contributed by atoms with Crippen molar-refractivity contribution in [2.24, 2.45) is 0 Å². The molecule has 2 atom stereocenters. The molecule has 0 aromatic carbocycles. The highest BCUT2D eigenvalue weighted by molar-refractivity contribution is 5.28. The minimum absolute atomic E-state index is 0.0461. The molecule has 5 heteroatoms. The van der Waals surface area contributed by atoms with Crippen molar-refractivity contribution in [2.45, 2.75) is 57.0 Å². The SMILES string of the molecule is OC1CCCCC1c1nc(N2CCCCC2)no1. The quantitative estimate of drug-likeness (QED) is 0.872. The lowest BCUT2D eigenvalue weighted by atomic mass is 9.86. The molecule has 0 bridgehead atoms. The maximum Gasteiger partial charge on any atom is 0.266 e. The lowest BCUT2D eigenvalue weighted by Gasteiger charge is -2.25. The van der Waals surface area contributed by atoms with Crippen LogP contribution in [0.15, 0.2) is 4.52 Å². The number of hydrogen-bond donors (Lipinski definition) is 1. The first-order valence-corrected chi connectivity index (χ1v) is 7.11. The second-order valence-corrected chi connectivity index (χ2v) is 5.44. The standard InChI is InChI=1S/C13H21N3O2/c17-11-7-3-2-6-10(11)12-14-13(15-18-12)16-8-4-1-5-9-16/h10-11,17H,1-9H2. The van der Waals surface area contributed by atoms with Gasteiger partial charge in [0.15, 0.2) is 0 Å². The van der Waals surface area contributed by atoms with E-state index >= 15 is 0 Å². The molecule has 0 amide bonds. The van der Waals surface area contributed by atoms with E-state index in [-0.39, 0.29) is 12.0 Å². The summed E-state index contributed by atoms with van der Waals surface area (Å²) >= 11 is 0. The highest BCUT2D eigenvalue weighted by atomic mass is 16.5. The smallest absolute Gasteiger partial charge is 0.266 e. The van der Waals surface area contributed by atoms with Gasteiger partial charge < -0.3 is 14.5 Å². The molecule has 1 N–H and O–H groups in total. The highest BCUT2D eigenvalue weighted by Crippen LogP contribution is 2.33. The molecule has 2 aliphatic rings. The summed E-state index contributed by atoms with van der Waals surface area (Å²) in [5, 5.41) is 14.1. The van der Waals surface area contributed by atoms with E-state index < -0.39 is 0 Å². The Morgan fingerprint density at radius 3 is 2.61 bits per heavy atom. The van der Waals surface area contributed by atoms with Gasteiger partial charge in [-0.15, -0.1) is 0 Å². The fourth-order valence-corrected chi connectivity index (χ4v) is 3.00. The third kappa shape index (κ3) is 2.36. The summed E-state index contributed by atoms with van der Waals surface area (Å²) in [7, 11) is 0. The molecule has 100 valence electrons. The number of hydrogen-bond acceptors (Lipinski definition) is 5. The van der Waals surface area contributed by atoms with E-state index in [1.807, 2.05) is 0 Å². The predicted molar refractivity (Wildman–Crippen MR) is 67.6 cm³/mol. The Labute approximate surface area is 107 Å². The largest absolute Gasteiger partial charge is 0.392 e. The average Bonchev–Trinajstić information content (AvgIpc) is 2.90. The van der Waals surface area contributed by atoms with Gasteiger partial charge in [0.25, 0.3) is 5.95 Å². The summed E-state index contributed by atoms with van der Waals surface area (Å²) < 4.78 is 5.36. The molecule has 2 fully saturated rings. The van der Waals surface area contributed by atoms with E-state index in [0.717, 1.165) is 38.8 Å². The molecule has 1 aliphatic carbocycles. The van der Waals surface area contributed by atoms with Crippen molar-refractivity contribution in [2.75, 3.05) is 18.0 Å². The maximum absolute atomic E-state index is 10.0. The molecule has 5 nitrogen and oxygen atoms in total. The molecule has 1 aromatic rings. The average molecular weight is 251 g/mol. The lowest BCUT2D eigenvalue weighted by Crippen LogP contribution is -2.30. The Kier molecular flexibility index (Phi) is 3.50. The summed E-state index contributed by atoms with van der Waals surface area (Å²) in [6.45, 7) is 2.04.